The molecule has 1 aromatic carbocycles. The van der Waals surface area contributed by atoms with Crippen LogP contribution in [0.1, 0.15) is 25.3 Å². The molecule has 0 saturated carbocycles. The van der Waals surface area contributed by atoms with Gasteiger partial charge in [0.2, 0.25) is 11.8 Å². The number of nitrogens with zero attached hydrogens (tertiary/aromatic N) is 1. The zero-order chi connectivity index (χ0) is 14.5. The molecule has 0 radical (unpaired) electrons. The first-order valence-electron chi connectivity index (χ1n) is 6.89. The van der Waals surface area contributed by atoms with Crippen LogP contribution in [0.25, 0.3) is 0 Å². The first kappa shape index (κ1) is 14.9. The fourth-order valence-corrected chi connectivity index (χ4v) is 2.48. The van der Waals surface area contributed by atoms with Crippen molar-refractivity contribution in [3.63, 3.8) is 0 Å². The van der Waals surface area contributed by atoms with E-state index < -0.39 is 6.04 Å². The van der Waals surface area contributed by atoms with Crippen LogP contribution in [-0.2, 0) is 16.0 Å². The van der Waals surface area contributed by atoms with Gasteiger partial charge in [-0.2, -0.15) is 0 Å². The molecule has 1 aliphatic heterocycles. The zero-order valence-electron chi connectivity index (χ0n) is 11.6. The van der Waals surface area contributed by atoms with Gasteiger partial charge in [-0.15, -0.1) is 0 Å². The number of nitrogens with one attached hydrogen (secondary N) is 1. The Kier molecular flexibility index (Phi) is 5.01. The van der Waals surface area contributed by atoms with E-state index in [2.05, 4.69) is 5.32 Å². The Hall–Kier alpha value is -1.55. The Bertz CT molecular complexity index is 481. The molecule has 1 atom stereocenters. The van der Waals surface area contributed by atoms with Crippen LogP contribution in [0.3, 0.4) is 0 Å². The van der Waals surface area contributed by atoms with Crippen molar-refractivity contribution in [2.75, 3.05) is 13.1 Å². The number of benzene rings is 1. The highest BCUT2D eigenvalue weighted by molar-refractivity contribution is 6.30. The average Bonchev–Trinajstić information content (AvgIpc) is 2.94. The third-order valence-corrected chi connectivity index (χ3v) is 3.70. The van der Waals surface area contributed by atoms with Crippen molar-refractivity contribution in [2.45, 2.75) is 32.2 Å². The van der Waals surface area contributed by atoms with Gasteiger partial charge in [0, 0.05) is 18.1 Å². The van der Waals surface area contributed by atoms with Crippen molar-refractivity contribution < 1.29 is 9.59 Å². The first-order chi connectivity index (χ1) is 9.56. The Morgan fingerprint density at radius 1 is 1.25 bits per heavy atom. The molecule has 1 saturated heterocycles. The summed E-state index contributed by atoms with van der Waals surface area (Å²) >= 11 is 5.80. The van der Waals surface area contributed by atoms with Gasteiger partial charge in [0.15, 0.2) is 0 Å². The van der Waals surface area contributed by atoms with Gasteiger partial charge in [-0.1, -0.05) is 23.7 Å². The maximum absolute atomic E-state index is 12.1. The van der Waals surface area contributed by atoms with Gasteiger partial charge in [0.05, 0.1) is 6.42 Å². The highest BCUT2D eigenvalue weighted by atomic mass is 35.5. The summed E-state index contributed by atoms with van der Waals surface area (Å²) in [5.74, 6) is -0.140. The van der Waals surface area contributed by atoms with Crippen LogP contribution in [0.4, 0.5) is 0 Å². The quantitative estimate of drug-likeness (QED) is 0.923. The molecule has 1 N–H and O–H groups in total. The van der Waals surface area contributed by atoms with Gasteiger partial charge in [0.1, 0.15) is 6.04 Å². The highest BCUT2D eigenvalue weighted by Gasteiger charge is 2.24. The van der Waals surface area contributed by atoms with Crippen LogP contribution in [0, 0.1) is 0 Å². The van der Waals surface area contributed by atoms with Gasteiger partial charge in [0.25, 0.3) is 0 Å². The van der Waals surface area contributed by atoms with Gasteiger partial charge in [-0.25, -0.2) is 0 Å². The molecular weight excluding hydrogens is 276 g/mol. The summed E-state index contributed by atoms with van der Waals surface area (Å²) in [5, 5.41) is 3.40. The smallest absolute Gasteiger partial charge is 0.244 e. The number of halogens is 1. The van der Waals surface area contributed by atoms with Crippen molar-refractivity contribution in [1.82, 2.24) is 10.2 Å². The molecule has 20 heavy (non-hydrogen) atoms. The molecule has 0 unspecified atom stereocenters. The molecule has 0 bridgehead atoms. The molecule has 1 fully saturated rings. The summed E-state index contributed by atoms with van der Waals surface area (Å²) in [6.07, 6.45) is 2.36. The van der Waals surface area contributed by atoms with E-state index in [-0.39, 0.29) is 18.2 Å². The van der Waals surface area contributed by atoms with Crippen molar-refractivity contribution in [2.24, 2.45) is 0 Å². The SMILES string of the molecule is C[C@H](NC(=O)Cc1ccc(Cl)cc1)C(=O)N1CCCC1. The number of hydrogen-bond donors (Lipinski definition) is 1. The number of rotatable bonds is 4. The van der Waals surface area contributed by atoms with Crippen molar-refractivity contribution in [3.05, 3.63) is 34.9 Å². The van der Waals surface area contributed by atoms with Crippen LogP contribution in [0.15, 0.2) is 24.3 Å². The predicted molar refractivity (Wildman–Crippen MR) is 78.6 cm³/mol. The minimum absolute atomic E-state index is 0.00644. The number of hydrogen-bond acceptors (Lipinski definition) is 2. The molecule has 1 heterocycles. The third-order valence-electron chi connectivity index (χ3n) is 3.44. The van der Waals surface area contributed by atoms with Crippen molar-refractivity contribution in [3.8, 4) is 0 Å². The van der Waals surface area contributed by atoms with E-state index in [4.69, 9.17) is 11.6 Å². The first-order valence-corrected chi connectivity index (χ1v) is 7.26. The second kappa shape index (κ2) is 6.75. The topological polar surface area (TPSA) is 49.4 Å². The Morgan fingerprint density at radius 2 is 1.85 bits per heavy atom. The molecule has 5 heteroatoms. The van der Waals surface area contributed by atoms with E-state index in [0.717, 1.165) is 31.5 Å². The van der Waals surface area contributed by atoms with Crippen LogP contribution >= 0.6 is 11.6 Å². The predicted octanol–water partition coefficient (Wildman–Crippen LogP) is 2.01. The van der Waals surface area contributed by atoms with E-state index in [1.165, 1.54) is 0 Å². The van der Waals surface area contributed by atoms with E-state index in [1.807, 2.05) is 17.0 Å². The Morgan fingerprint density at radius 3 is 2.45 bits per heavy atom. The largest absolute Gasteiger partial charge is 0.344 e. The monoisotopic (exact) mass is 294 g/mol. The summed E-state index contributed by atoms with van der Waals surface area (Å²) < 4.78 is 0. The zero-order valence-corrected chi connectivity index (χ0v) is 12.3. The van der Waals surface area contributed by atoms with E-state index in [1.54, 1.807) is 19.1 Å². The lowest BCUT2D eigenvalue weighted by molar-refractivity contribution is -0.134. The lowest BCUT2D eigenvalue weighted by Crippen LogP contribution is -2.46. The molecule has 1 aromatic rings. The Labute approximate surface area is 124 Å². The molecule has 0 spiro atoms. The number of carbonyl (C=O) groups excluding carboxylic acids is 2. The molecular formula is C15H19ClN2O2. The van der Waals surface area contributed by atoms with Crippen molar-refractivity contribution in [1.29, 1.82) is 0 Å². The summed E-state index contributed by atoms with van der Waals surface area (Å²) in [7, 11) is 0. The minimum Gasteiger partial charge on any atom is -0.344 e. The summed E-state index contributed by atoms with van der Waals surface area (Å²) in [5.41, 5.74) is 0.882. The lowest BCUT2D eigenvalue weighted by atomic mass is 10.1. The maximum Gasteiger partial charge on any atom is 0.244 e. The molecule has 2 rings (SSSR count). The van der Waals surface area contributed by atoms with E-state index in [0.29, 0.717) is 5.02 Å². The summed E-state index contributed by atoms with van der Waals surface area (Å²) in [6, 6.07) is 6.67. The van der Waals surface area contributed by atoms with Crippen LogP contribution in [0.2, 0.25) is 5.02 Å². The van der Waals surface area contributed by atoms with Gasteiger partial charge >= 0.3 is 0 Å². The average molecular weight is 295 g/mol. The minimum atomic E-state index is -0.465. The second-order valence-electron chi connectivity index (χ2n) is 5.12. The van der Waals surface area contributed by atoms with E-state index in [9.17, 15) is 9.59 Å². The fraction of sp³-hybridized carbons (Fsp3) is 0.467. The summed E-state index contributed by atoms with van der Waals surface area (Å²) in [6.45, 7) is 3.34. The van der Waals surface area contributed by atoms with Crippen molar-refractivity contribution >= 4 is 23.4 Å². The highest BCUT2D eigenvalue weighted by Crippen LogP contribution is 2.11. The van der Waals surface area contributed by atoms with Gasteiger partial charge in [-0.3, -0.25) is 9.59 Å². The van der Waals surface area contributed by atoms with Gasteiger partial charge in [-0.05, 0) is 37.5 Å². The standard InChI is InChI=1S/C15H19ClN2O2/c1-11(15(20)18-8-2-3-9-18)17-14(19)10-12-4-6-13(16)7-5-12/h4-7,11H,2-3,8-10H2,1H3,(H,17,19)/t11-/m0/s1. The Balaban J connectivity index is 1.84. The molecule has 108 valence electrons. The maximum atomic E-state index is 12.1. The molecule has 1 aliphatic rings. The fourth-order valence-electron chi connectivity index (χ4n) is 2.35. The molecule has 0 aliphatic carbocycles. The number of likely N-dealkylation sites (tertiary alicyclic amines) is 1. The van der Waals surface area contributed by atoms with Gasteiger partial charge < -0.3 is 10.2 Å². The third kappa shape index (κ3) is 3.97. The summed E-state index contributed by atoms with van der Waals surface area (Å²) in [4.78, 5) is 25.8. The second-order valence-corrected chi connectivity index (χ2v) is 5.56. The normalized spacial score (nSPS) is 16.0. The molecule has 4 nitrogen and oxygen atoms in total. The van der Waals surface area contributed by atoms with E-state index >= 15 is 0 Å². The number of carbonyl (C=O) groups is 2. The molecule has 0 aromatic heterocycles. The van der Waals surface area contributed by atoms with Crippen LogP contribution < -0.4 is 5.32 Å². The lowest BCUT2D eigenvalue weighted by Gasteiger charge is -2.21. The van der Waals surface area contributed by atoms with Crippen LogP contribution in [0.5, 0.6) is 0 Å². The van der Waals surface area contributed by atoms with Crippen LogP contribution in [-0.4, -0.2) is 35.8 Å². The number of amides is 2. The molecule has 2 amide bonds.